The quantitative estimate of drug-likeness (QED) is 0.566. The van der Waals surface area contributed by atoms with Crippen molar-refractivity contribution in [2.24, 2.45) is 11.3 Å². The molecule has 0 saturated heterocycles. The van der Waals surface area contributed by atoms with Crippen LogP contribution in [0, 0.1) is 11.3 Å². The van der Waals surface area contributed by atoms with E-state index in [0.29, 0.717) is 17.9 Å². The van der Waals surface area contributed by atoms with Gasteiger partial charge in [-0.1, -0.05) is 53.9 Å². The van der Waals surface area contributed by atoms with E-state index in [-0.39, 0.29) is 0 Å². The highest BCUT2D eigenvalue weighted by molar-refractivity contribution is 4.69. The Morgan fingerprint density at radius 3 is 2.05 bits per heavy atom. The summed E-state index contributed by atoms with van der Waals surface area (Å²) in [5, 5.41) is 9.17. The summed E-state index contributed by atoms with van der Waals surface area (Å²) >= 11 is 0. The summed E-state index contributed by atoms with van der Waals surface area (Å²) in [6, 6.07) is 0. The Kier molecular flexibility index (Phi) is 10.6. The fourth-order valence-corrected chi connectivity index (χ4v) is 2.88. The van der Waals surface area contributed by atoms with Crippen LogP contribution in [0.1, 0.15) is 73.1 Å². The molecule has 0 radical (unpaired) electrons. The summed E-state index contributed by atoms with van der Waals surface area (Å²) in [6.45, 7) is 15.3. The first-order valence-corrected chi connectivity index (χ1v) is 8.26. The zero-order chi connectivity index (χ0) is 14.7. The monoisotopic (exact) mass is 271 g/mol. The Bertz CT molecular complexity index is 194. The van der Waals surface area contributed by atoms with Crippen LogP contribution in [0.4, 0.5) is 0 Å². The predicted octanol–water partition coefficient (Wildman–Crippen LogP) is 4.32. The van der Waals surface area contributed by atoms with E-state index in [1.807, 2.05) is 0 Å². The van der Waals surface area contributed by atoms with Crippen molar-refractivity contribution in [1.82, 2.24) is 4.90 Å². The molecule has 0 aromatic heterocycles. The van der Waals surface area contributed by atoms with E-state index >= 15 is 0 Å². The summed E-state index contributed by atoms with van der Waals surface area (Å²) in [5.41, 5.74) is 0.390. The normalized spacial score (nSPS) is 14.1. The van der Waals surface area contributed by atoms with Gasteiger partial charge in [0.2, 0.25) is 0 Å². The second kappa shape index (κ2) is 10.7. The number of rotatable bonds is 11. The van der Waals surface area contributed by atoms with E-state index in [0.717, 1.165) is 6.42 Å². The van der Waals surface area contributed by atoms with E-state index in [9.17, 15) is 0 Å². The highest BCUT2D eigenvalue weighted by Crippen LogP contribution is 2.29. The predicted molar refractivity (Wildman–Crippen MR) is 85.5 cm³/mol. The van der Waals surface area contributed by atoms with Gasteiger partial charge in [-0.05, 0) is 50.2 Å². The molecule has 0 fully saturated rings. The number of aliphatic hydroxyl groups excluding tert-OH is 1. The van der Waals surface area contributed by atoms with Gasteiger partial charge in [-0.3, -0.25) is 0 Å². The Morgan fingerprint density at radius 2 is 1.58 bits per heavy atom. The van der Waals surface area contributed by atoms with E-state index in [4.69, 9.17) is 5.11 Å². The Labute approximate surface area is 121 Å². The highest BCUT2D eigenvalue weighted by Gasteiger charge is 2.18. The minimum Gasteiger partial charge on any atom is -0.396 e. The topological polar surface area (TPSA) is 23.5 Å². The van der Waals surface area contributed by atoms with Crippen LogP contribution in [0.3, 0.4) is 0 Å². The molecular formula is C17H37NO. The zero-order valence-corrected chi connectivity index (χ0v) is 14.0. The SMILES string of the molecule is CCN(CC)CCCCC[C@H](CCO)CC(C)(C)C. The largest absolute Gasteiger partial charge is 0.396 e. The zero-order valence-electron chi connectivity index (χ0n) is 14.0. The van der Waals surface area contributed by atoms with Crippen LogP contribution < -0.4 is 0 Å². The summed E-state index contributed by atoms with van der Waals surface area (Å²) < 4.78 is 0. The summed E-state index contributed by atoms with van der Waals surface area (Å²) in [4.78, 5) is 2.50. The van der Waals surface area contributed by atoms with Crippen LogP contribution in [-0.2, 0) is 0 Å². The molecular weight excluding hydrogens is 234 g/mol. The molecule has 0 bridgehead atoms. The van der Waals surface area contributed by atoms with Gasteiger partial charge in [-0.25, -0.2) is 0 Å². The molecule has 116 valence electrons. The molecule has 0 aliphatic carbocycles. The lowest BCUT2D eigenvalue weighted by Gasteiger charge is -2.25. The minimum absolute atomic E-state index is 0.347. The average molecular weight is 271 g/mol. The Hall–Kier alpha value is -0.0800. The minimum atomic E-state index is 0.347. The molecule has 0 heterocycles. The maximum absolute atomic E-state index is 9.17. The van der Waals surface area contributed by atoms with Gasteiger partial charge in [0, 0.05) is 6.61 Å². The van der Waals surface area contributed by atoms with E-state index in [2.05, 4.69) is 39.5 Å². The number of aliphatic hydroxyl groups is 1. The first-order chi connectivity index (χ1) is 8.92. The van der Waals surface area contributed by atoms with Crippen molar-refractivity contribution in [3.63, 3.8) is 0 Å². The molecule has 0 rings (SSSR count). The molecule has 2 nitrogen and oxygen atoms in total. The summed E-state index contributed by atoms with van der Waals surface area (Å²) in [5.74, 6) is 0.707. The molecule has 1 atom stereocenters. The third-order valence-corrected chi connectivity index (χ3v) is 3.92. The van der Waals surface area contributed by atoms with Gasteiger partial charge >= 0.3 is 0 Å². The number of hydrogen-bond acceptors (Lipinski definition) is 2. The van der Waals surface area contributed by atoms with Crippen LogP contribution in [0.2, 0.25) is 0 Å². The average Bonchev–Trinajstić information content (AvgIpc) is 2.32. The van der Waals surface area contributed by atoms with Gasteiger partial charge in [-0.15, -0.1) is 0 Å². The van der Waals surface area contributed by atoms with Gasteiger partial charge in [0.25, 0.3) is 0 Å². The second-order valence-corrected chi connectivity index (χ2v) is 7.02. The standard InChI is InChI=1S/C17H37NO/c1-6-18(7-2)13-10-8-9-11-16(12-14-19)15-17(3,4)5/h16,19H,6-15H2,1-5H3/t16-/m1/s1. The Morgan fingerprint density at radius 1 is 0.947 bits per heavy atom. The smallest absolute Gasteiger partial charge is 0.0433 e. The van der Waals surface area contributed by atoms with Gasteiger partial charge in [0.05, 0.1) is 0 Å². The van der Waals surface area contributed by atoms with Crippen LogP contribution >= 0.6 is 0 Å². The molecule has 0 aromatic carbocycles. The molecule has 0 amide bonds. The molecule has 2 heteroatoms. The van der Waals surface area contributed by atoms with Crippen LogP contribution in [-0.4, -0.2) is 36.2 Å². The van der Waals surface area contributed by atoms with Crippen molar-refractivity contribution in [2.75, 3.05) is 26.2 Å². The number of hydrogen-bond donors (Lipinski definition) is 1. The van der Waals surface area contributed by atoms with Crippen molar-refractivity contribution < 1.29 is 5.11 Å². The molecule has 1 N–H and O–H groups in total. The first kappa shape index (κ1) is 18.9. The Balaban J connectivity index is 3.75. The summed E-state index contributed by atoms with van der Waals surface area (Å²) in [7, 11) is 0. The van der Waals surface area contributed by atoms with Crippen molar-refractivity contribution in [1.29, 1.82) is 0 Å². The van der Waals surface area contributed by atoms with Crippen molar-refractivity contribution in [3.05, 3.63) is 0 Å². The highest BCUT2D eigenvalue weighted by atomic mass is 16.3. The fraction of sp³-hybridized carbons (Fsp3) is 1.00. The van der Waals surface area contributed by atoms with Gasteiger partial charge in [0.15, 0.2) is 0 Å². The van der Waals surface area contributed by atoms with Gasteiger partial charge < -0.3 is 10.0 Å². The first-order valence-electron chi connectivity index (χ1n) is 8.26. The van der Waals surface area contributed by atoms with E-state index in [1.54, 1.807) is 0 Å². The molecule has 0 aliphatic heterocycles. The lowest BCUT2D eigenvalue weighted by molar-refractivity contribution is 0.206. The molecule has 0 aromatic rings. The number of unbranched alkanes of at least 4 members (excludes halogenated alkanes) is 2. The molecule has 0 aliphatic rings. The van der Waals surface area contributed by atoms with Crippen LogP contribution in [0.15, 0.2) is 0 Å². The number of nitrogens with zero attached hydrogens (tertiary/aromatic N) is 1. The van der Waals surface area contributed by atoms with Crippen molar-refractivity contribution >= 4 is 0 Å². The van der Waals surface area contributed by atoms with E-state index in [1.165, 1.54) is 51.7 Å². The molecule has 0 unspecified atom stereocenters. The summed E-state index contributed by atoms with van der Waals surface area (Å²) in [6.07, 6.45) is 7.49. The molecule has 0 saturated carbocycles. The maximum Gasteiger partial charge on any atom is 0.0433 e. The van der Waals surface area contributed by atoms with Gasteiger partial charge in [-0.2, -0.15) is 0 Å². The second-order valence-electron chi connectivity index (χ2n) is 7.02. The van der Waals surface area contributed by atoms with Crippen molar-refractivity contribution in [2.45, 2.75) is 73.1 Å². The van der Waals surface area contributed by atoms with Crippen LogP contribution in [0.5, 0.6) is 0 Å². The fourth-order valence-electron chi connectivity index (χ4n) is 2.88. The molecule has 0 spiro atoms. The van der Waals surface area contributed by atoms with Crippen molar-refractivity contribution in [3.8, 4) is 0 Å². The van der Waals surface area contributed by atoms with E-state index < -0.39 is 0 Å². The third kappa shape index (κ3) is 11.4. The lowest BCUT2D eigenvalue weighted by Crippen LogP contribution is -2.23. The lowest BCUT2D eigenvalue weighted by atomic mass is 9.81. The third-order valence-electron chi connectivity index (χ3n) is 3.92. The van der Waals surface area contributed by atoms with Crippen LogP contribution in [0.25, 0.3) is 0 Å². The maximum atomic E-state index is 9.17. The molecule has 19 heavy (non-hydrogen) atoms. The van der Waals surface area contributed by atoms with Gasteiger partial charge in [0.1, 0.15) is 0 Å².